The Labute approximate surface area is 177 Å². The van der Waals surface area contributed by atoms with Gasteiger partial charge in [0.2, 0.25) is 0 Å². The van der Waals surface area contributed by atoms with E-state index in [1.54, 1.807) is 0 Å². The van der Waals surface area contributed by atoms with Crippen molar-refractivity contribution in [1.29, 1.82) is 0 Å². The minimum absolute atomic E-state index is 0.0783. The number of benzene rings is 3. The Hall–Kier alpha value is -2.71. The summed E-state index contributed by atoms with van der Waals surface area (Å²) in [5.74, 6) is 0.920. The summed E-state index contributed by atoms with van der Waals surface area (Å²) in [6.45, 7) is 8.64. The molecule has 3 heteroatoms. The van der Waals surface area contributed by atoms with E-state index in [1.165, 1.54) is 22.3 Å². The van der Waals surface area contributed by atoms with Crippen LogP contribution >= 0.6 is 11.6 Å². The van der Waals surface area contributed by atoms with Gasteiger partial charge in [-0.1, -0.05) is 54.1 Å². The number of fused-ring (bicyclic) bond motifs is 5. The lowest BCUT2D eigenvalue weighted by Crippen LogP contribution is -2.32. The van der Waals surface area contributed by atoms with Gasteiger partial charge in [0.25, 0.3) is 0 Å². The molecule has 3 aromatic carbocycles. The minimum atomic E-state index is -0.183. The topological polar surface area (TPSA) is 21.3 Å². The Balaban J connectivity index is 1.80. The van der Waals surface area contributed by atoms with E-state index >= 15 is 0 Å². The first-order valence-electron chi connectivity index (χ1n) is 10.0. The van der Waals surface area contributed by atoms with Crippen molar-refractivity contribution in [3.63, 3.8) is 0 Å². The van der Waals surface area contributed by atoms with Crippen LogP contribution in [-0.2, 0) is 0 Å². The third-order valence-electron chi connectivity index (χ3n) is 5.84. The van der Waals surface area contributed by atoms with E-state index in [4.69, 9.17) is 16.3 Å². The van der Waals surface area contributed by atoms with Gasteiger partial charge < -0.3 is 10.1 Å². The summed E-state index contributed by atoms with van der Waals surface area (Å²) < 4.78 is 6.61. The first-order valence-corrected chi connectivity index (χ1v) is 10.4. The van der Waals surface area contributed by atoms with Crippen LogP contribution in [-0.4, -0.2) is 5.54 Å². The molecule has 0 fully saturated rings. The second kappa shape index (κ2) is 6.40. The fraction of sp³-hybridized carbons (Fsp3) is 0.231. The number of hydrogen-bond acceptors (Lipinski definition) is 2. The lowest BCUT2D eigenvalue weighted by molar-refractivity contribution is 0.243. The normalized spacial score (nSPS) is 18.5. The molecule has 146 valence electrons. The minimum Gasteiger partial charge on any atom is -0.480 e. The highest BCUT2D eigenvalue weighted by molar-refractivity contribution is 6.31. The van der Waals surface area contributed by atoms with Crippen LogP contribution in [0, 0.1) is 6.92 Å². The molecule has 2 aliphatic heterocycles. The predicted octanol–water partition coefficient (Wildman–Crippen LogP) is 7.40. The van der Waals surface area contributed by atoms with Crippen LogP contribution in [0.1, 0.15) is 49.1 Å². The highest BCUT2D eigenvalue weighted by Gasteiger charge is 2.34. The molecule has 29 heavy (non-hydrogen) atoms. The summed E-state index contributed by atoms with van der Waals surface area (Å²) in [5.41, 5.74) is 9.38. The second-order valence-corrected chi connectivity index (χ2v) is 9.03. The molecule has 0 aliphatic carbocycles. The van der Waals surface area contributed by atoms with Crippen molar-refractivity contribution in [1.82, 2.24) is 0 Å². The number of halogens is 1. The van der Waals surface area contributed by atoms with Crippen LogP contribution in [0.25, 0.3) is 16.7 Å². The average molecular weight is 402 g/mol. The summed E-state index contributed by atoms with van der Waals surface area (Å²) >= 11 is 6.31. The van der Waals surface area contributed by atoms with Crippen molar-refractivity contribution in [2.45, 2.75) is 39.3 Å². The molecule has 0 saturated carbocycles. The van der Waals surface area contributed by atoms with Gasteiger partial charge in [-0.15, -0.1) is 0 Å². The molecule has 0 aromatic heterocycles. The Bertz CT molecular complexity index is 1180. The Kier molecular flexibility index (Phi) is 4.04. The quantitative estimate of drug-likeness (QED) is 0.458. The maximum Gasteiger partial charge on any atom is 0.150 e. The summed E-state index contributed by atoms with van der Waals surface area (Å²) in [4.78, 5) is 0. The van der Waals surface area contributed by atoms with Gasteiger partial charge in [-0.25, -0.2) is 0 Å². The van der Waals surface area contributed by atoms with E-state index in [0.717, 1.165) is 33.1 Å². The average Bonchev–Trinajstić information content (AvgIpc) is 2.68. The summed E-state index contributed by atoms with van der Waals surface area (Å²) in [5, 5.41) is 4.46. The highest BCUT2D eigenvalue weighted by Crippen LogP contribution is 2.50. The van der Waals surface area contributed by atoms with Crippen LogP contribution in [0.3, 0.4) is 0 Å². The maximum absolute atomic E-state index is 6.61. The van der Waals surface area contributed by atoms with Crippen LogP contribution in [0.15, 0.2) is 60.7 Å². The van der Waals surface area contributed by atoms with E-state index in [9.17, 15) is 0 Å². The van der Waals surface area contributed by atoms with Crippen molar-refractivity contribution in [3.8, 4) is 16.9 Å². The molecule has 2 aliphatic rings. The number of allylic oxidation sites excluding steroid dienone is 1. The largest absolute Gasteiger partial charge is 0.480 e. The Morgan fingerprint density at radius 2 is 1.76 bits per heavy atom. The zero-order valence-corrected chi connectivity index (χ0v) is 17.9. The van der Waals surface area contributed by atoms with Crippen molar-refractivity contribution in [3.05, 3.63) is 87.9 Å². The Morgan fingerprint density at radius 3 is 2.55 bits per heavy atom. The molecule has 5 rings (SSSR count). The molecule has 0 amide bonds. The first kappa shape index (κ1) is 18.3. The third-order valence-corrected chi connectivity index (χ3v) is 6.27. The summed E-state index contributed by atoms with van der Waals surface area (Å²) in [7, 11) is 0. The molecular weight excluding hydrogens is 378 g/mol. The summed E-state index contributed by atoms with van der Waals surface area (Å²) in [6.07, 6.45) is 2.12. The van der Waals surface area contributed by atoms with Crippen LogP contribution in [0.4, 0.5) is 5.69 Å². The zero-order valence-electron chi connectivity index (χ0n) is 17.1. The van der Waals surface area contributed by atoms with Gasteiger partial charge in [0.05, 0.1) is 5.54 Å². The number of aryl methyl sites for hydroxylation is 1. The molecular formula is C26H24ClNO. The first-order chi connectivity index (χ1) is 13.8. The highest BCUT2D eigenvalue weighted by atomic mass is 35.5. The lowest BCUT2D eigenvalue weighted by Gasteiger charge is -2.37. The number of anilines is 1. The molecule has 0 radical (unpaired) electrons. The number of rotatable bonds is 1. The maximum atomic E-state index is 6.61. The number of ether oxygens (including phenoxy) is 1. The van der Waals surface area contributed by atoms with Gasteiger partial charge in [-0.2, -0.15) is 0 Å². The lowest BCUT2D eigenvalue weighted by atomic mass is 9.80. The third kappa shape index (κ3) is 2.94. The van der Waals surface area contributed by atoms with Crippen LogP contribution in [0.2, 0.25) is 5.02 Å². The monoisotopic (exact) mass is 401 g/mol. The van der Waals surface area contributed by atoms with Crippen molar-refractivity contribution in [2.75, 3.05) is 5.32 Å². The molecule has 0 unspecified atom stereocenters. The number of hydrogen-bond donors (Lipinski definition) is 1. The van der Waals surface area contributed by atoms with E-state index in [-0.39, 0.29) is 11.6 Å². The molecule has 1 atom stereocenters. The molecule has 0 spiro atoms. The molecule has 2 nitrogen and oxygen atoms in total. The van der Waals surface area contributed by atoms with E-state index in [1.807, 2.05) is 19.1 Å². The van der Waals surface area contributed by atoms with Gasteiger partial charge in [-0.3, -0.25) is 0 Å². The molecule has 1 N–H and O–H groups in total. The van der Waals surface area contributed by atoms with Crippen molar-refractivity contribution in [2.24, 2.45) is 0 Å². The van der Waals surface area contributed by atoms with Gasteiger partial charge in [0, 0.05) is 27.4 Å². The van der Waals surface area contributed by atoms with E-state index in [2.05, 4.69) is 74.6 Å². The van der Waals surface area contributed by atoms with Gasteiger partial charge >= 0.3 is 0 Å². The summed E-state index contributed by atoms with van der Waals surface area (Å²) in [6, 6.07) is 18.9. The molecule has 3 aromatic rings. The number of para-hydroxylation sites is 1. The van der Waals surface area contributed by atoms with Gasteiger partial charge in [0.1, 0.15) is 5.75 Å². The Morgan fingerprint density at radius 1 is 0.966 bits per heavy atom. The van der Waals surface area contributed by atoms with Crippen molar-refractivity contribution < 1.29 is 4.74 Å². The zero-order chi connectivity index (χ0) is 20.3. The molecule has 0 bridgehead atoms. The fourth-order valence-corrected chi connectivity index (χ4v) is 4.81. The van der Waals surface area contributed by atoms with Crippen LogP contribution < -0.4 is 10.1 Å². The van der Waals surface area contributed by atoms with E-state index < -0.39 is 0 Å². The van der Waals surface area contributed by atoms with Crippen LogP contribution in [0.5, 0.6) is 5.75 Å². The smallest absolute Gasteiger partial charge is 0.150 e. The molecule has 0 saturated heterocycles. The van der Waals surface area contributed by atoms with Gasteiger partial charge in [0.15, 0.2) is 6.10 Å². The SMILES string of the molecule is CC1=CC(C)(C)Nc2ccc3c(c21)[C@H](c1ccc(Cl)c(C)c1)Oc1ccccc1-3. The number of nitrogens with one attached hydrogen (secondary N) is 1. The predicted molar refractivity (Wildman–Crippen MR) is 122 cm³/mol. The standard InChI is InChI=1S/C26H24ClNO/c1-15-13-17(9-11-20(15)27)25-24-19(18-7-5-6-8-22(18)29-25)10-12-21-23(24)16(2)14-26(3,4)28-21/h5-14,25,28H,1-4H3/t25-/m0/s1. The van der Waals surface area contributed by atoms with Crippen molar-refractivity contribution >= 4 is 22.9 Å². The van der Waals surface area contributed by atoms with E-state index in [0.29, 0.717) is 0 Å². The van der Waals surface area contributed by atoms with Gasteiger partial charge in [-0.05, 0) is 68.2 Å². The fourth-order valence-electron chi connectivity index (χ4n) is 4.70. The second-order valence-electron chi connectivity index (χ2n) is 8.63. The molecule has 2 heterocycles.